The van der Waals surface area contributed by atoms with Gasteiger partial charge < -0.3 is 14.6 Å². The van der Waals surface area contributed by atoms with E-state index in [4.69, 9.17) is 16.6 Å². The third kappa shape index (κ3) is 4.56. The van der Waals surface area contributed by atoms with Crippen LogP contribution in [0.4, 0.5) is 8.78 Å². The van der Waals surface area contributed by atoms with E-state index in [-0.39, 0.29) is 25.9 Å². The lowest BCUT2D eigenvalue weighted by Gasteiger charge is -2.33. The zero-order valence-electron chi connectivity index (χ0n) is 18.7. The number of hydrogen-bond donors (Lipinski definition) is 1. The molecule has 0 aliphatic carbocycles. The van der Waals surface area contributed by atoms with Crippen molar-refractivity contribution >= 4 is 28.2 Å². The molecule has 0 atom stereocenters. The predicted molar refractivity (Wildman–Crippen MR) is 133 cm³/mol. The number of alkyl halides is 2. The third-order valence-electron chi connectivity index (χ3n) is 6.10. The molecule has 0 radical (unpaired) electrons. The minimum atomic E-state index is -2.60. The summed E-state index contributed by atoms with van der Waals surface area (Å²) in [7, 11) is 1.88. The van der Waals surface area contributed by atoms with E-state index in [1.165, 1.54) is 0 Å². The molecular formula is C26H24F2N4OS. The van der Waals surface area contributed by atoms with Gasteiger partial charge in [-0.05, 0) is 55.1 Å². The lowest BCUT2D eigenvalue weighted by molar-refractivity contribution is -0.0430. The molecule has 1 aliphatic heterocycles. The van der Waals surface area contributed by atoms with Crippen LogP contribution in [0.25, 0.3) is 33.4 Å². The summed E-state index contributed by atoms with van der Waals surface area (Å²) >= 11 is 5.57. The number of fused-ring (bicyclic) bond motifs is 1. The van der Waals surface area contributed by atoms with E-state index < -0.39 is 5.92 Å². The van der Waals surface area contributed by atoms with E-state index >= 15 is 0 Å². The lowest BCUT2D eigenvalue weighted by Crippen LogP contribution is -2.42. The van der Waals surface area contributed by atoms with Crippen LogP contribution in [0.2, 0.25) is 0 Å². The highest BCUT2D eigenvalue weighted by atomic mass is 32.1. The number of aromatic nitrogens is 2. The molecule has 174 valence electrons. The molecule has 34 heavy (non-hydrogen) atoms. The number of halogens is 2. The van der Waals surface area contributed by atoms with Gasteiger partial charge in [0.2, 0.25) is 0 Å². The van der Waals surface area contributed by atoms with Gasteiger partial charge in [0.15, 0.2) is 0 Å². The minimum Gasteiger partial charge on any atom is -0.459 e. The summed E-state index contributed by atoms with van der Waals surface area (Å²) in [5, 5.41) is 4.12. The Morgan fingerprint density at radius 2 is 1.85 bits per heavy atom. The average molecular weight is 479 g/mol. The quantitative estimate of drug-likeness (QED) is 0.372. The van der Waals surface area contributed by atoms with Gasteiger partial charge in [-0.25, -0.2) is 8.78 Å². The van der Waals surface area contributed by atoms with Crippen molar-refractivity contribution in [3.8, 4) is 22.4 Å². The lowest BCUT2D eigenvalue weighted by atomic mass is 9.99. The standard InChI is InChI=1S/C26H24F2N4OS/c1-29-16-21-13-20-12-19(14-22(24(20)33-21)17-4-8-30-9-5-17)23-3-2-18(15-31-23)25(34)32-10-6-26(27,28)7-11-32/h2-5,8-9,12-15,29H,6-7,10-11,16H2,1H3. The van der Waals surface area contributed by atoms with Crippen LogP contribution in [0.15, 0.2) is 65.5 Å². The first-order valence-corrected chi connectivity index (χ1v) is 11.6. The van der Waals surface area contributed by atoms with Crippen LogP contribution < -0.4 is 5.32 Å². The maximum absolute atomic E-state index is 13.5. The number of furan rings is 1. The Morgan fingerprint density at radius 1 is 1.09 bits per heavy atom. The first-order chi connectivity index (χ1) is 16.4. The van der Waals surface area contributed by atoms with Gasteiger partial charge in [0.25, 0.3) is 5.92 Å². The fourth-order valence-electron chi connectivity index (χ4n) is 4.27. The zero-order chi connectivity index (χ0) is 23.7. The molecular weight excluding hydrogens is 454 g/mol. The molecule has 0 spiro atoms. The topological polar surface area (TPSA) is 54.2 Å². The van der Waals surface area contributed by atoms with Crippen molar-refractivity contribution in [2.24, 2.45) is 0 Å². The smallest absolute Gasteiger partial charge is 0.251 e. The molecule has 1 N–H and O–H groups in total. The van der Waals surface area contributed by atoms with Crippen LogP contribution >= 0.6 is 12.2 Å². The number of rotatable bonds is 5. The average Bonchev–Trinajstić information content (AvgIpc) is 3.26. The second kappa shape index (κ2) is 9.19. The van der Waals surface area contributed by atoms with E-state index in [2.05, 4.69) is 27.4 Å². The molecule has 8 heteroatoms. The van der Waals surface area contributed by atoms with E-state index in [0.717, 1.165) is 44.7 Å². The number of benzene rings is 1. The van der Waals surface area contributed by atoms with Crippen molar-refractivity contribution in [3.05, 3.63) is 72.4 Å². The van der Waals surface area contributed by atoms with Crippen LogP contribution in [-0.2, 0) is 6.54 Å². The van der Waals surface area contributed by atoms with Gasteiger partial charge in [-0.3, -0.25) is 9.97 Å². The van der Waals surface area contributed by atoms with Crippen LogP contribution in [0, 0.1) is 0 Å². The molecule has 4 heterocycles. The van der Waals surface area contributed by atoms with E-state index in [9.17, 15) is 8.78 Å². The van der Waals surface area contributed by atoms with Crippen molar-refractivity contribution in [1.29, 1.82) is 0 Å². The SMILES string of the molecule is CNCc1cc2cc(-c3ccc(C(=S)N4CCC(F)(F)CC4)cn3)cc(-c3ccncc3)c2o1. The zero-order valence-corrected chi connectivity index (χ0v) is 19.5. The molecule has 0 saturated carbocycles. The fourth-order valence-corrected chi connectivity index (χ4v) is 4.58. The molecule has 1 saturated heterocycles. The van der Waals surface area contributed by atoms with Gasteiger partial charge in [-0.2, -0.15) is 0 Å². The Labute approximate surface area is 201 Å². The van der Waals surface area contributed by atoms with Gasteiger partial charge >= 0.3 is 0 Å². The number of likely N-dealkylation sites (tertiary alicyclic amines) is 1. The molecule has 4 aromatic rings. The number of hydrogen-bond acceptors (Lipinski definition) is 5. The summed E-state index contributed by atoms with van der Waals surface area (Å²) in [4.78, 5) is 11.2. The van der Waals surface area contributed by atoms with E-state index in [0.29, 0.717) is 11.5 Å². The van der Waals surface area contributed by atoms with Gasteiger partial charge in [0.1, 0.15) is 16.3 Å². The molecule has 5 nitrogen and oxygen atoms in total. The van der Waals surface area contributed by atoms with Crippen molar-refractivity contribution in [1.82, 2.24) is 20.2 Å². The number of nitrogens with one attached hydrogen (secondary N) is 1. The van der Waals surface area contributed by atoms with Crippen molar-refractivity contribution in [2.45, 2.75) is 25.3 Å². The Kier molecular flexibility index (Phi) is 6.10. The minimum absolute atomic E-state index is 0.170. The van der Waals surface area contributed by atoms with Crippen LogP contribution in [0.3, 0.4) is 0 Å². The van der Waals surface area contributed by atoms with Crippen LogP contribution in [0.1, 0.15) is 24.2 Å². The monoisotopic (exact) mass is 478 g/mol. The summed E-state index contributed by atoms with van der Waals surface area (Å²) in [5.41, 5.74) is 5.30. The van der Waals surface area contributed by atoms with E-state index in [1.807, 2.05) is 42.3 Å². The van der Waals surface area contributed by atoms with E-state index in [1.54, 1.807) is 18.6 Å². The summed E-state index contributed by atoms with van der Waals surface area (Å²) in [6.45, 7) is 1.15. The Balaban J connectivity index is 1.47. The maximum Gasteiger partial charge on any atom is 0.251 e. The maximum atomic E-state index is 13.5. The number of thiocarbonyl (C=S) groups is 1. The highest BCUT2D eigenvalue weighted by Crippen LogP contribution is 2.35. The molecule has 3 aromatic heterocycles. The highest BCUT2D eigenvalue weighted by molar-refractivity contribution is 7.80. The van der Waals surface area contributed by atoms with Gasteiger partial charge in [0, 0.05) is 66.6 Å². The van der Waals surface area contributed by atoms with Crippen LogP contribution in [0.5, 0.6) is 0 Å². The second-order valence-electron chi connectivity index (χ2n) is 8.50. The van der Waals surface area contributed by atoms with Crippen molar-refractivity contribution < 1.29 is 13.2 Å². The molecule has 0 bridgehead atoms. The first-order valence-electron chi connectivity index (χ1n) is 11.2. The number of nitrogens with zero attached hydrogens (tertiary/aromatic N) is 3. The molecule has 0 unspecified atom stereocenters. The summed E-state index contributed by atoms with van der Waals surface area (Å²) < 4.78 is 33.1. The summed E-state index contributed by atoms with van der Waals surface area (Å²) in [5.74, 6) is -1.75. The predicted octanol–water partition coefficient (Wildman–Crippen LogP) is 5.68. The Morgan fingerprint density at radius 3 is 2.53 bits per heavy atom. The van der Waals surface area contributed by atoms with Gasteiger partial charge in [-0.15, -0.1) is 0 Å². The number of pyridine rings is 2. The largest absolute Gasteiger partial charge is 0.459 e. The van der Waals surface area contributed by atoms with Gasteiger partial charge in [-0.1, -0.05) is 12.2 Å². The molecule has 1 aromatic carbocycles. The second-order valence-corrected chi connectivity index (χ2v) is 8.89. The Hall–Kier alpha value is -3.23. The molecule has 5 rings (SSSR count). The third-order valence-corrected chi connectivity index (χ3v) is 6.59. The fraction of sp³-hybridized carbons (Fsp3) is 0.269. The van der Waals surface area contributed by atoms with Crippen molar-refractivity contribution in [3.63, 3.8) is 0 Å². The summed E-state index contributed by atoms with van der Waals surface area (Å²) in [6.07, 6.45) is 4.90. The summed E-state index contributed by atoms with van der Waals surface area (Å²) in [6, 6.07) is 13.9. The highest BCUT2D eigenvalue weighted by Gasteiger charge is 2.34. The molecule has 0 amide bonds. The number of piperidine rings is 1. The first kappa shape index (κ1) is 22.6. The molecule has 1 aliphatic rings. The van der Waals surface area contributed by atoms with Crippen molar-refractivity contribution in [2.75, 3.05) is 20.1 Å². The Bertz CT molecular complexity index is 1310. The normalized spacial score (nSPS) is 15.6. The van der Waals surface area contributed by atoms with Crippen LogP contribution in [-0.4, -0.2) is 45.9 Å². The van der Waals surface area contributed by atoms with Gasteiger partial charge in [0.05, 0.1) is 12.2 Å². The molecule has 1 fully saturated rings.